The summed E-state index contributed by atoms with van der Waals surface area (Å²) in [7, 11) is 1.94. The first-order valence-electron chi connectivity index (χ1n) is 3.44. The van der Waals surface area contributed by atoms with E-state index < -0.39 is 0 Å². The normalized spacial score (nSPS) is 10.2. The monoisotopic (exact) mass is 156 g/mol. The summed E-state index contributed by atoms with van der Waals surface area (Å²) in [5.41, 5.74) is 1.20. The Kier molecular flexibility index (Phi) is 2.83. The minimum atomic E-state index is 0.894. The summed E-state index contributed by atoms with van der Waals surface area (Å²) in [5.74, 6) is 0. The highest BCUT2D eigenvalue weighted by Gasteiger charge is 1.96. The molecule has 0 aliphatic rings. The third-order valence-corrected chi connectivity index (χ3v) is 2.19. The molecule has 1 aromatic rings. The Morgan fingerprint density at radius 3 is 3.00 bits per heavy atom. The summed E-state index contributed by atoms with van der Waals surface area (Å²) in [4.78, 5) is 4.37. The van der Waals surface area contributed by atoms with Crippen molar-refractivity contribution in [2.24, 2.45) is 0 Å². The summed E-state index contributed by atoms with van der Waals surface area (Å²) < 4.78 is 0. The van der Waals surface area contributed by atoms with Crippen molar-refractivity contribution in [1.29, 1.82) is 0 Å². The standard InChI is InChI=1S/C7H12N2S/c1-3-6-5-10-7(9-6)4-8-2/h5,8H,3-4H2,1-2H3. The van der Waals surface area contributed by atoms with Crippen LogP contribution >= 0.6 is 11.3 Å². The van der Waals surface area contributed by atoms with Gasteiger partial charge in [0.25, 0.3) is 0 Å². The van der Waals surface area contributed by atoms with Gasteiger partial charge in [-0.15, -0.1) is 11.3 Å². The number of rotatable bonds is 3. The quantitative estimate of drug-likeness (QED) is 0.716. The Bertz CT molecular complexity index is 195. The van der Waals surface area contributed by atoms with E-state index in [1.54, 1.807) is 11.3 Å². The first-order valence-corrected chi connectivity index (χ1v) is 4.32. The molecule has 1 heterocycles. The highest BCUT2D eigenvalue weighted by Crippen LogP contribution is 2.08. The number of hydrogen-bond donors (Lipinski definition) is 1. The van der Waals surface area contributed by atoms with Crippen molar-refractivity contribution in [2.75, 3.05) is 7.05 Å². The molecule has 0 aromatic carbocycles. The van der Waals surface area contributed by atoms with Gasteiger partial charge in [-0.05, 0) is 13.5 Å². The minimum Gasteiger partial charge on any atom is -0.314 e. The molecule has 0 aliphatic heterocycles. The van der Waals surface area contributed by atoms with Crippen LogP contribution in [0.15, 0.2) is 5.38 Å². The van der Waals surface area contributed by atoms with E-state index in [9.17, 15) is 0 Å². The maximum absolute atomic E-state index is 4.37. The van der Waals surface area contributed by atoms with Gasteiger partial charge in [-0.1, -0.05) is 6.92 Å². The molecule has 1 aromatic heterocycles. The van der Waals surface area contributed by atoms with Gasteiger partial charge < -0.3 is 5.32 Å². The van der Waals surface area contributed by atoms with Gasteiger partial charge >= 0.3 is 0 Å². The molecular formula is C7H12N2S. The van der Waals surface area contributed by atoms with Crippen LogP contribution in [-0.4, -0.2) is 12.0 Å². The molecular weight excluding hydrogens is 144 g/mol. The Hall–Kier alpha value is -0.410. The molecule has 0 saturated carbocycles. The van der Waals surface area contributed by atoms with E-state index in [-0.39, 0.29) is 0 Å². The van der Waals surface area contributed by atoms with Crippen molar-refractivity contribution in [3.63, 3.8) is 0 Å². The summed E-state index contributed by atoms with van der Waals surface area (Å²) in [5, 5.41) is 6.37. The van der Waals surface area contributed by atoms with Crippen LogP contribution in [0.25, 0.3) is 0 Å². The fourth-order valence-corrected chi connectivity index (χ4v) is 1.63. The Balaban J connectivity index is 2.59. The van der Waals surface area contributed by atoms with Crippen LogP contribution in [-0.2, 0) is 13.0 Å². The van der Waals surface area contributed by atoms with E-state index in [4.69, 9.17) is 0 Å². The van der Waals surface area contributed by atoms with Crippen LogP contribution in [0.5, 0.6) is 0 Å². The number of aromatic nitrogens is 1. The van der Waals surface area contributed by atoms with Gasteiger partial charge in [-0.25, -0.2) is 4.98 Å². The summed E-state index contributed by atoms with van der Waals surface area (Å²) in [6.07, 6.45) is 1.04. The topological polar surface area (TPSA) is 24.9 Å². The first-order chi connectivity index (χ1) is 4.86. The number of nitrogens with one attached hydrogen (secondary N) is 1. The van der Waals surface area contributed by atoms with Gasteiger partial charge in [-0.2, -0.15) is 0 Å². The van der Waals surface area contributed by atoms with Crippen LogP contribution in [0, 0.1) is 0 Å². The van der Waals surface area contributed by atoms with E-state index >= 15 is 0 Å². The van der Waals surface area contributed by atoms with Crippen molar-refractivity contribution >= 4 is 11.3 Å². The van der Waals surface area contributed by atoms with Gasteiger partial charge in [0.2, 0.25) is 0 Å². The van der Waals surface area contributed by atoms with Gasteiger partial charge in [0.05, 0.1) is 5.69 Å². The van der Waals surface area contributed by atoms with E-state index in [0.717, 1.165) is 13.0 Å². The largest absolute Gasteiger partial charge is 0.314 e. The molecule has 3 heteroatoms. The third-order valence-electron chi connectivity index (χ3n) is 1.29. The maximum atomic E-state index is 4.37. The lowest BCUT2D eigenvalue weighted by molar-refractivity contribution is 0.804. The van der Waals surface area contributed by atoms with Crippen molar-refractivity contribution in [3.05, 3.63) is 16.1 Å². The predicted octanol–water partition coefficient (Wildman–Crippen LogP) is 1.42. The van der Waals surface area contributed by atoms with E-state index in [1.807, 2.05) is 7.05 Å². The zero-order valence-electron chi connectivity index (χ0n) is 6.35. The van der Waals surface area contributed by atoms with E-state index in [0.29, 0.717) is 0 Å². The van der Waals surface area contributed by atoms with Crippen molar-refractivity contribution in [3.8, 4) is 0 Å². The Labute approximate surface area is 65.3 Å². The molecule has 0 unspecified atom stereocenters. The van der Waals surface area contributed by atoms with Crippen molar-refractivity contribution in [2.45, 2.75) is 19.9 Å². The van der Waals surface area contributed by atoms with Crippen LogP contribution in [0.2, 0.25) is 0 Å². The second kappa shape index (κ2) is 3.68. The smallest absolute Gasteiger partial charge is 0.107 e. The Morgan fingerprint density at radius 1 is 1.70 bits per heavy atom. The number of thiazole rings is 1. The minimum absolute atomic E-state index is 0.894. The highest BCUT2D eigenvalue weighted by molar-refractivity contribution is 7.09. The van der Waals surface area contributed by atoms with Gasteiger partial charge in [0.15, 0.2) is 0 Å². The average Bonchev–Trinajstić information content (AvgIpc) is 2.37. The third kappa shape index (κ3) is 1.78. The molecule has 0 bridgehead atoms. The molecule has 0 spiro atoms. The van der Waals surface area contributed by atoms with E-state index in [1.165, 1.54) is 10.7 Å². The summed E-state index contributed by atoms with van der Waals surface area (Å²) in [6, 6.07) is 0. The lowest BCUT2D eigenvalue weighted by Gasteiger charge is -1.89. The summed E-state index contributed by atoms with van der Waals surface area (Å²) in [6.45, 7) is 3.02. The van der Waals surface area contributed by atoms with Crippen molar-refractivity contribution in [1.82, 2.24) is 10.3 Å². The number of nitrogens with zero attached hydrogens (tertiary/aromatic N) is 1. The second-order valence-corrected chi connectivity index (χ2v) is 3.06. The van der Waals surface area contributed by atoms with Gasteiger partial charge in [-0.3, -0.25) is 0 Å². The molecule has 0 radical (unpaired) electrons. The molecule has 2 nitrogen and oxygen atoms in total. The molecule has 0 aliphatic carbocycles. The average molecular weight is 156 g/mol. The Morgan fingerprint density at radius 2 is 2.50 bits per heavy atom. The van der Waals surface area contributed by atoms with Crippen LogP contribution < -0.4 is 5.32 Å². The predicted molar refractivity (Wildman–Crippen MR) is 44.3 cm³/mol. The molecule has 10 heavy (non-hydrogen) atoms. The fraction of sp³-hybridized carbons (Fsp3) is 0.571. The van der Waals surface area contributed by atoms with Gasteiger partial charge in [0.1, 0.15) is 5.01 Å². The molecule has 0 amide bonds. The molecule has 1 N–H and O–H groups in total. The zero-order valence-corrected chi connectivity index (χ0v) is 7.16. The fourth-order valence-electron chi connectivity index (χ4n) is 0.744. The number of hydrogen-bond acceptors (Lipinski definition) is 3. The van der Waals surface area contributed by atoms with Gasteiger partial charge in [0, 0.05) is 11.9 Å². The lowest BCUT2D eigenvalue weighted by atomic mass is 10.4. The highest BCUT2D eigenvalue weighted by atomic mass is 32.1. The number of aryl methyl sites for hydroxylation is 1. The molecule has 0 atom stereocenters. The van der Waals surface area contributed by atoms with E-state index in [2.05, 4.69) is 22.6 Å². The molecule has 0 fully saturated rings. The molecule has 0 saturated heterocycles. The SMILES string of the molecule is CCc1csc(CNC)n1. The lowest BCUT2D eigenvalue weighted by Crippen LogP contribution is -2.04. The molecule has 56 valence electrons. The summed E-state index contributed by atoms with van der Waals surface area (Å²) >= 11 is 1.73. The zero-order chi connectivity index (χ0) is 7.40. The first kappa shape index (κ1) is 7.69. The maximum Gasteiger partial charge on any atom is 0.107 e. The molecule has 1 rings (SSSR count). The van der Waals surface area contributed by atoms with Crippen LogP contribution in [0.1, 0.15) is 17.6 Å². The van der Waals surface area contributed by atoms with Crippen LogP contribution in [0.3, 0.4) is 0 Å². The van der Waals surface area contributed by atoms with Crippen molar-refractivity contribution < 1.29 is 0 Å². The van der Waals surface area contributed by atoms with Crippen LogP contribution in [0.4, 0.5) is 0 Å². The second-order valence-electron chi connectivity index (χ2n) is 2.12.